The molecular weight excluding hydrogens is 336 g/mol. The first kappa shape index (κ1) is 17.8. The summed E-state index contributed by atoms with van der Waals surface area (Å²) < 4.78 is 5.34. The lowest BCUT2D eigenvalue weighted by Gasteiger charge is -2.28. The summed E-state index contributed by atoms with van der Waals surface area (Å²) in [5, 5.41) is 6.18. The van der Waals surface area contributed by atoms with E-state index < -0.39 is 5.54 Å². The maximum atomic E-state index is 11.8. The lowest BCUT2D eigenvalue weighted by Crippen LogP contribution is -2.47. The number of hydrogen-bond acceptors (Lipinski definition) is 6. The molecule has 0 saturated carbocycles. The topological polar surface area (TPSA) is 67.3 Å². The molecule has 2 aromatic rings. The summed E-state index contributed by atoms with van der Waals surface area (Å²) in [6.45, 7) is 7.86. The normalized spacial score (nSPS) is 20.6. The van der Waals surface area contributed by atoms with Crippen LogP contribution in [0.15, 0.2) is 17.5 Å². The highest BCUT2D eigenvalue weighted by Gasteiger charge is 2.42. The Kier molecular flexibility index (Phi) is 5.06. The Morgan fingerprint density at radius 2 is 2.16 bits per heavy atom. The first-order valence-electron chi connectivity index (χ1n) is 8.35. The molecule has 25 heavy (non-hydrogen) atoms. The van der Waals surface area contributed by atoms with Gasteiger partial charge in [-0.05, 0) is 20.3 Å². The van der Waals surface area contributed by atoms with E-state index in [2.05, 4.69) is 20.2 Å². The molecule has 6 nitrogen and oxygen atoms in total. The number of ether oxygens (including phenoxy) is 1. The van der Waals surface area contributed by atoms with E-state index in [1.54, 1.807) is 25.4 Å². The van der Waals surface area contributed by atoms with E-state index in [9.17, 15) is 4.79 Å². The van der Waals surface area contributed by atoms with Crippen LogP contribution in [-0.2, 0) is 16.9 Å². The summed E-state index contributed by atoms with van der Waals surface area (Å²) >= 11 is 1.62. The number of carbonyl (C=O) groups excluding carboxylic acids is 1. The smallest absolute Gasteiger partial charge is 0.217 e. The molecule has 2 aromatic heterocycles. The third kappa shape index (κ3) is 3.99. The molecule has 3 heterocycles. The molecule has 0 aliphatic carbocycles. The van der Waals surface area contributed by atoms with Crippen LogP contribution in [0.25, 0.3) is 0 Å². The second kappa shape index (κ2) is 7.09. The second-order valence-corrected chi connectivity index (χ2v) is 7.52. The van der Waals surface area contributed by atoms with Crippen LogP contribution in [-0.4, -0.2) is 41.0 Å². The molecule has 1 saturated heterocycles. The predicted octanol–water partition coefficient (Wildman–Crippen LogP) is 2.40. The summed E-state index contributed by atoms with van der Waals surface area (Å²) in [5.74, 6) is 0.801. The van der Waals surface area contributed by atoms with Crippen molar-refractivity contribution in [1.82, 2.24) is 20.2 Å². The van der Waals surface area contributed by atoms with E-state index >= 15 is 0 Å². The number of nitrogens with zero attached hydrogens (tertiary/aromatic N) is 3. The highest BCUT2D eigenvalue weighted by Crippen LogP contribution is 2.35. The number of aryl methyl sites for hydroxylation is 2. The zero-order valence-electron chi connectivity index (χ0n) is 15.1. The second-order valence-electron chi connectivity index (χ2n) is 6.66. The van der Waals surface area contributed by atoms with Gasteiger partial charge in [-0.3, -0.25) is 14.7 Å². The minimum atomic E-state index is -0.404. The third-order valence-electron chi connectivity index (χ3n) is 4.39. The van der Waals surface area contributed by atoms with E-state index in [1.807, 2.05) is 31.4 Å². The van der Waals surface area contributed by atoms with Gasteiger partial charge in [0.25, 0.3) is 0 Å². The molecule has 0 spiro atoms. The Bertz CT molecular complexity index is 776. The molecule has 3 rings (SSSR count). The van der Waals surface area contributed by atoms with Crippen LogP contribution in [0.4, 0.5) is 0 Å². The number of amides is 1. The van der Waals surface area contributed by atoms with Gasteiger partial charge in [-0.15, -0.1) is 11.3 Å². The molecule has 1 unspecified atom stereocenters. The first-order valence-corrected chi connectivity index (χ1v) is 9.23. The third-order valence-corrected chi connectivity index (χ3v) is 5.56. The minimum absolute atomic E-state index is 0.0231. The number of likely N-dealkylation sites (tertiary alicyclic amines) is 1. The molecule has 0 radical (unpaired) electrons. The van der Waals surface area contributed by atoms with Crippen molar-refractivity contribution in [2.24, 2.45) is 0 Å². The largest absolute Gasteiger partial charge is 0.497 e. The van der Waals surface area contributed by atoms with Gasteiger partial charge in [0.15, 0.2) is 0 Å². The van der Waals surface area contributed by atoms with Gasteiger partial charge in [0.05, 0.1) is 12.8 Å². The van der Waals surface area contributed by atoms with Crippen LogP contribution in [0.1, 0.15) is 35.4 Å². The van der Waals surface area contributed by atoms with Gasteiger partial charge in [0, 0.05) is 55.5 Å². The van der Waals surface area contributed by atoms with E-state index in [4.69, 9.17) is 4.74 Å². The Morgan fingerprint density at radius 3 is 2.80 bits per heavy atom. The van der Waals surface area contributed by atoms with Gasteiger partial charge in [0.1, 0.15) is 16.3 Å². The monoisotopic (exact) mass is 360 g/mol. The lowest BCUT2D eigenvalue weighted by atomic mass is 9.99. The molecule has 1 fully saturated rings. The molecule has 134 valence electrons. The molecule has 0 aromatic carbocycles. The zero-order chi connectivity index (χ0) is 18.0. The lowest BCUT2D eigenvalue weighted by molar-refractivity contribution is -0.120. The highest BCUT2D eigenvalue weighted by molar-refractivity contribution is 7.09. The highest BCUT2D eigenvalue weighted by atomic mass is 32.1. The van der Waals surface area contributed by atoms with E-state index in [0.29, 0.717) is 0 Å². The summed E-state index contributed by atoms with van der Waals surface area (Å²) in [7, 11) is 1.67. The summed E-state index contributed by atoms with van der Waals surface area (Å²) in [6.07, 6.45) is 0.850. The van der Waals surface area contributed by atoms with Crippen LogP contribution in [0.5, 0.6) is 5.75 Å². The average molecular weight is 360 g/mol. The van der Waals surface area contributed by atoms with Gasteiger partial charge >= 0.3 is 0 Å². The van der Waals surface area contributed by atoms with Gasteiger partial charge in [0.2, 0.25) is 5.91 Å². The van der Waals surface area contributed by atoms with Crippen molar-refractivity contribution in [1.29, 1.82) is 0 Å². The molecule has 0 bridgehead atoms. The van der Waals surface area contributed by atoms with Crippen molar-refractivity contribution in [2.45, 2.75) is 39.3 Å². The number of methoxy groups -OCH3 is 1. The summed E-state index contributed by atoms with van der Waals surface area (Å²) in [6, 6.07) is 3.90. The number of hydrogen-bond donors (Lipinski definition) is 1. The zero-order valence-corrected chi connectivity index (χ0v) is 15.9. The van der Waals surface area contributed by atoms with Crippen LogP contribution >= 0.6 is 11.3 Å². The Hall–Kier alpha value is -1.99. The van der Waals surface area contributed by atoms with Crippen molar-refractivity contribution in [2.75, 3.05) is 20.2 Å². The Balaban J connectivity index is 1.80. The van der Waals surface area contributed by atoms with Crippen LogP contribution < -0.4 is 10.1 Å². The van der Waals surface area contributed by atoms with Crippen LogP contribution in [0, 0.1) is 13.8 Å². The molecule has 1 amide bonds. The van der Waals surface area contributed by atoms with Crippen molar-refractivity contribution in [3.63, 3.8) is 0 Å². The fourth-order valence-corrected chi connectivity index (χ4v) is 4.37. The average Bonchev–Trinajstić information content (AvgIpc) is 3.14. The fourth-order valence-electron chi connectivity index (χ4n) is 3.40. The van der Waals surface area contributed by atoms with Crippen molar-refractivity contribution >= 4 is 17.2 Å². The van der Waals surface area contributed by atoms with Gasteiger partial charge in [-0.2, -0.15) is 0 Å². The standard InChI is InChI=1S/C18H24N4O2S/c1-12-7-16(24-4)8-15(19-12)9-22-6-5-18(11-22,21-14(3)23)17-20-13(2)10-25-17/h7-8,10H,5-6,9,11H2,1-4H3,(H,21,23). The number of aromatic nitrogens is 2. The predicted molar refractivity (Wildman–Crippen MR) is 97.8 cm³/mol. The summed E-state index contributed by atoms with van der Waals surface area (Å²) in [4.78, 5) is 23.4. The number of carbonyl (C=O) groups is 1. The first-order chi connectivity index (χ1) is 11.9. The molecule has 7 heteroatoms. The molecule has 1 atom stereocenters. The Morgan fingerprint density at radius 1 is 1.36 bits per heavy atom. The Labute approximate surface area is 152 Å². The number of nitrogens with one attached hydrogen (secondary N) is 1. The molecule has 1 N–H and O–H groups in total. The van der Waals surface area contributed by atoms with Crippen LogP contribution in [0.2, 0.25) is 0 Å². The minimum Gasteiger partial charge on any atom is -0.497 e. The molecular formula is C18H24N4O2S. The maximum Gasteiger partial charge on any atom is 0.217 e. The number of thiazole rings is 1. The van der Waals surface area contributed by atoms with E-state index in [-0.39, 0.29) is 5.91 Å². The SMILES string of the molecule is COc1cc(C)nc(CN2CCC(NC(C)=O)(c3nc(C)cs3)C2)c1. The van der Waals surface area contributed by atoms with Gasteiger partial charge in [-0.25, -0.2) is 4.98 Å². The van der Waals surface area contributed by atoms with Crippen molar-refractivity contribution < 1.29 is 9.53 Å². The quantitative estimate of drug-likeness (QED) is 0.887. The van der Waals surface area contributed by atoms with Crippen LogP contribution in [0.3, 0.4) is 0 Å². The molecule has 1 aliphatic heterocycles. The number of pyridine rings is 1. The van der Waals surface area contributed by atoms with Crippen molar-refractivity contribution in [3.8, 4) is 5.75 Å². The summed E-state index contributed by atoms with van der Waals surface area (Å²) in [5.41, 5.74) is 2.51. The van der Waals surface area contributed by atoms with Gasteiger partial charge in [-0.1, -0.05) is 0 Å². The fraction of sp³-hybridized carbons (Fsp3) is 0.500. The van der Waals surface area contributed by atoms with Gasteiger partial charge < -0.3 is 10.1 Å². The van der Waals surface area contributed by atoms with Crippen molar-refractivity contribution in [3.05, 3.63) is 39.6 Å². The molecule has 1 aliphatic rings. The number of rotatable bonds is 5. The maximum absolute atomic E-state index is 11.8. The van der Waals surface area contributed by atoms with E-state index in [0.717, 1.165) is 53.9 Å². The van der Waals surface area contributed by atoms with E-state index in [1.165, 1.54) is 0 Å².